The van der Waals surface area contributed by atoms with E-state index in [-0.39, 0.29) is 17.1 Å². The Bertz CT molecular complexity index is 1020. The predicted molar refractivity (Wildman–Crippen MR) is 112 cm³/mol. The summed E-state index contributed by atoms with van der Waals surface area (Å²) < 4.78 is 14.8. The summed E-state index contributed by atoms with van der Waals surface area (Å²) in [6.07, 6.45) is 0. The van der Waals surface area contributed by atoms with Gasteiger partial charge in [0, 0.05) is 30.8 Å². The quantitative estimate of drug-likeness (QED) is 0.403. The smallest absolute Gasteiger partial charge is 0.269 e. The number of benzene rings is 2. The molecule has 0 aliphatic rings. The highest BCUT2D eigenvalue weighted by molar-refractivity contribution is 7.22. The second-order valence-corrected chi connectivity index (χ2v) is 7.38. The van der Waals surface area contributed by atoms with E-state index in [0.717, 1.165) is 13.1 Å². The molecule has 29 heavy (non-hydrogen) atoms. The molecular formula is C20H21FN4O3S. The van der Waals surface area contributed by atoms with Gasteiger partial charge in [0.1, 0.15) is 11.3 Å². The molecule has 152 valence electrons. The summed E-state index contributed by atoms with van der Waals surface area (Å²) in [5.74, 6) is -0.761. The Balaban J connectivity index is 1.95. The molecule has 3 aromatic rings. The summed E-state index contributed by atoms with van der Waals surface area (Å²) in [7, 11) is 0. The van der Waals surface area contributed by atoms with Crippen LogP contribution in [0.3, 0.4) is 0 Å². The number of hydrogen-bond donors (Lipinski definition) is 0. The van der Waals surface area contributed by atoms with Gasteiger partial charge in [0.2, 0.25) is 0 Å². The number of thiazole rings is 1. The van der Waals surface area contributed by atoms with Gasteiger partial charge < -0.3 is 4.90 Å². The van der Waals surface area contributed by atoms with E-state index in [1.165, 1.54) is 46.6 Å². The zero-order valence-electron chi connectivity index (χ0n) is 16.2. The Morgan fingerprint density at radius 3 is 2.41 bits per heavy atom. The Morgan fingerprint density at radius 2 is 1.83 bits per heavy atom. The van der Waals surface area contributed by atoms with Crippen molar-refractivity contribution in [2.24, 2.45) is 0 Å². The summed E-state index contributed by atoms with van der Waals surface area (Å²) in [5, 5.41) is 11.3. The van der Waals surface area contributed by atoms with Crippen LogP contribution in [-0.2, 0) is 0 Å². The van der Waals surface area contributed by atoms with Gasteiger partial charge in [-0.1, -0.05) is 31.3 Å². The van der Waals surface area contributed by atoms with Crippen LogP contribution in [0.25, 0.3) is 10.2 Å². The number of fused-ring (bicyclic) bond motifs is 1. The average Bonchev–Trinajstić information content (AvgIpc) is 3.16. The summed E-state index contributed by atoms with van der Waals surface area (Å²) in [5.41, 5.74) is 0.463. The maximum atomic E-state index is 14.1. The zero-order valence-corrected chi connectivity index (χ0v) is 17.0. The van der Waals surface area contributed by atoms with Gasteiger partial charge in [-0.05, 0) is 37.4 Å². The second-order valence-electron chi connectivity index (χ2n) is 6.37. The van der Waals surface area contributed by atoms with E-state index >= 15 is 0 Å². The predicted octanol–water partition coefficient (Wildman–Crippen LogP) is 4.33. The van der Waals surface area contributed by atoms with E-state index in [0.29, 0.717) is 28.5 Å². The molecule has 0 radical (unpaired) electrons. The number of rotatable bonds is 8. The maximum absolute atomic E-state index is 14.1. The number of nitro benzene ring substituents is 1. The van der Waals surface area contributed by atoms with Crippen molar-refractivity contribution in [2.75, 3.05) is 31.1 Å². The molecule has 0 unspecified atom stereocenters. The lowest BCUT2D eigenvalue weighted by Gasteiger charge is -2.24. The highest BCUT2D eigenvalue weighted by Crippen LogP contribution is 2.31. The van der Waals surface area contributed by atoms with Crippen molar-refractivity contribution in [3.05, 3.63) is 64.0 Å². The fraction of sp³-hybridized carbons (Fsp3) is 0.300. The van der Waals surface area contributed by atoms with Crippen LogP contribution in [0, 0.1) is 15.9 Å². The molecule has 0 saturated carbocycles. The third kappa shape index (κ3) is 4.57. The largest absolute Gasteiger partial charge is 0.302 e. The van der Waals surface area contributed by atoms with Gasteiger partial charge >= 0.3 is 0 Å². The number of likely N-dealkylation sites (N-methyl/N-ethyl adjacent to an activating group) is 1. The highest BCUT2D eigenvalue weighted by Gasteiger charge is 2.23. The maximum Gasteiger partial charge on any atom is 0.269 e. The lowest BCUT2D eigenvalue weighted by Crippen LogP contribution is -2.38. The molecule has 0 aliphatic carbocycles. The molecule has 7 nitrogen and oxygen atoms in total. The zero-order chi connectivity index (χ0) is 21.0. The van der Waals surface area contributed by atoms with Crippen LogP contribution >= 0.6 is 11.3 Å². The lowest BCUT2D eigenvalue weighted by molar-refractivity contribution is -0.384. The third-order valence-corrected chi connectivity index (χ3v) is 5.74. The van der Waals surface area contributed by atoms with E-state index in [4.69, 9.17) is 0 Å². The molecule has 1 aromatic heterocycles. The first-order valence-electron chi connectivity index (χ1n) is 9.28. The standard InChI is InChI=1S/C20H21FN4O3S/c1-3-23(4-2)12-13-24(19(26)14-8-10-15(11-9-14)25(27)28)20-22-18-16(21)6-5-7-17(18)29-20/h5-11H,3-4,12-13H2,1-2H3. The van der Waals surface area contributed by atoms with Gasteiger partial charge in [-0.15, -0.1) is 0 Å². The monoisotopic (exact) mass is 416 g/mol. The topological polar surface area (TPSA) is 79.6 Å². The van der Waals surface area contributed by atoms with Gasteiger partial charge in [0.15, 0.2) is 5.13 Å². The number of carbonyl (C=O) groups excluding carboxylic acids is 1. The Labute approximate surface area is 171 Å². The SMILES string of the molecule is CCN(CC)CCN(C(=O)c1ccc([N+](=O)[O-])cc1)c1nc2c(F)cccc2s1. The van der Waals surface area contributed by atoms with Gasteiger partial charge in [-0.2, -0.15) is 0 Å². The van der Waals surface area contributed by atoms with Gasteiger partial charge in [0.05, 0.1) is 9.62 Å². The molecule has 1 heterocycles. The van der Waals surface area contributed by atoms with E-state index in [1.807, 2.05) is 13.8 Å². The Morgan fingerprint density at radius 1 is 1.14 bits per heavy atom. The molecule has 0 spiro atoms. The number of carbonyl (C=O) groups is 1. The van der Waals surface area contributed by atoms with Gasteiger partial charge in [0.25, 0.3) is 11.6 Å². The number of non-ortho nitro benzene ring substituents is 1. The number of halogens is 1. The minimum absolute atomic E-state index is 0.0849. The van der Waals surface area contributed by atoms with Crippen molar-refractivity contribution in [1.82, 2.24) is 9.88 Å². The second kappa shape index (κ2) is 9.06. The molecule has 0 N–H and O–H groups in total. The van der Waals surface area contributed by atoms with Gasteiger partial charge in [-0.25, -0.2) is 9.37 Å². The van der Waals surface area contributed by atoms with E-state index in [2.05, 4.69) is 9.88 Å². The first-order chi connectivity index (χ1) is 13.9. The minimum Gasteiger partial charge on any atom is -0.302 e. The Kier molecular flexibility index (Phi) is 6.50. The molecule has 0 bridgehead atoms. The third-order valence-electron chi connectivity index (χ3n) is 4.69. The van der Waals surface area contributed by atoms with Crippen LogP contribution in [0.5, 0.6) is 0 Å². The number of nitro groups is 1. The lowest BCUT2D eigenvalue weighted by atomic mass is 10.2. The number of nitrogens with zero attached hydrogens (tertiary/aromatic N) is 4. The van der Waals surface area contributed by atoms with Crippen molar-refractivity contribution in [1.29, 1.82) is 0 Å². The number of hydrogen-bond acceptors (Lipinski definition) is 6. The van der Waals surface area contributed by atoms with Crippen molar-refractivity contribution in [3.8, 4) is 0 Å². The van der Waals surface area contributed by atoms with E-state index in [9.17, 15) is 19.3 Å². The van der Waals surface area contributed by atoms with Crippen LogP contribution in [0.4, 0.5) is 15.2 Å². The molecule has 0 atom stereocenters. The number of anilines is 1. The molecule has 0 aliphatic heterocycles. The summed E-state index contributed by atoms with van der Waals surface area (Å²) in [4.78, 5) is 31.6. The summed E-state index contributed by atoms with van der Waals surface area (Å²) in [6, 6.07) is 10.2. The van der Waals surface area contributed by atoms with Crippen LogP contribution in [-0.4, -0.2) is 46.9 Å². The van der Waals surface area contributed by atoms with Crippen LogP contribution in [0.15, 0.2) is 42.5 Å². The van der Waals surface area contributed by atoms with Crippen LogP contribution < -0.4 is 4.90 Å². The summed E-state index contributed by atoms with van der Waals surface area (Å²) in [6.45, 7) is 6.76. The van der Waals surface area contributed by atoms with Gasteiger partial charge in [-0.3, -0.25) is 19.8 Å². The number of para-hydroxylation sites is 1. The van der Waals surface area contributed by atoms with E-state index < -0.39 is 10.7 Å². The molecule has 3 rings (SSSR count). The van der Waals surface area contributed by atoms with Crippen LogP contribution in [0.1, 0.15) is 24.2 Å². The normalized spacial score (nSPS) is 11.2. The fourth-order valence-corrected chi connectivity index (χ4v) is 3.97. The first-order valence-corrected chi connectivity index (χ1v) is 10.1. The number of amides is 1. The van der Waals surface area contributed by atoms with Crippen molar-refractivity contribution >= 4 is 38.3 Å². The summed E-state index contributed by atoms with van der Waals surface area (Å²) >= 11 is 1.24. The number of aromatic nitrogens is 1. The van der Waals surface area contributed by atoms with Crippen molar-refractivity contribution in [2.45, 2.75) is 13.8 Å². The Hall–Kier alpha value is -2.91. The molecule has 1 amide bonds. The minimum atomic E-state index is -0.511. The molecule has 9 heteroatoms. The molecule has 0 fully saturated rings. The fourth-order valence-electron chi connectivity index (χ4n) is 2.97. The van der Waals surface area contributed by atoms with Crippen molar-refractivity contribution < 1.29 is 14.1 Å². The average molecular weight is 416 g/mol. The molecule has 0 saturated heterocycles. The first kappa shape index (κ1) is 20.8. The van der Waals surface area contributed by atoms with Crippen LogP contribution in [0.2, 0.25) is 0 Å². The molecular weight excluding hydrogens is 395 g/mol. The highest BCUT2D eigenvalue weighted by atomic mass is 32.1. The van der Waals surface area contributed by atoms with Crippen molar-refractivity contribution in [3.63, 3.8) is 0 Å². The molecule has 2 aromatic carbocycles. The van der Waals surface area contributed by atoms with E-state index in [1.54, 1.807) is 12.1 Å².